The van der Waals surface area contributed by atoms with Crippen LogP contribution >= 0.6 is 11.3 Å². The average molecular weight is 342 g/mol. The van der Waals surface area contributed by atoms with Gasteiger partial charge in [-0.15, -0.1) is 11.3 Å². The molecule has 0 fully saturated rings. The first-order valence-corrected chi connectivity index (χ1v) is 7.67. The Hall–Kier alpha value is -3.11. The summed E-state index contributed by atoms with van der Waals surface area (Å²) in [4.78, 5) is 24.8. The first kappa shape index (κ1) is 17.2. The number of methoxy groups -OCH3 is 1. The van der Waals surface area contributed by atoms with Crippen LogP contribution in [0.1, 0.15) is 20.8 Å². The SMILES string of the molecule is COC(=O)c1cc(C)sc1NC(=O)/C(C#N)=C/c1ccc(O)cc1. The number of phenols is 1. The summed E-state index contributed by atoms with van der Waals surface area (Å²) < 4.78 is 4.68. The molecule has 1 aromatic carbocycles. The molecule has 0 saturated heterocycles. The number of ether oxygens (including phenoxy) is 1. The van der Waals surface area contributed by atoms with Gasteiger partial charge >= 0.3 is 5.97 Å². The molecule has 0 aliphatic rings. The number of amides is 1. The molecule has 122 valence electrons. The smallest absolute Gasteiger partial charge is 0.340 e. The van der Waals surface area contributed by atoms with Crippen LogP contribution in [0, 0.1) is 18.3 Å². The zero-order chi connectivity index (χ0) is 17.7. The van der Waals surface area contributed by atoms with E-state index in [2.05, 4.69) is 10.1 Å². The molecule has 24 heavy (non-hydrogen) atoms. The summed E-state index contributed by atoms with van der Waals surface area (Å²) in [5.74, 6) is -1.10. The normalized spacial score (nSPS) is 10.8. The fraction of sp³-hybridized carbons (Fsp3) is 0.118. The number of aromatic hydroxyl groups is 1. The first-order chi connectivity index (χ1) is 11.4. The Morgan fingerprint density at radius 2 is 2.00 bits per heavy atom. The molecular weight excluding hydrogens is 328 g/mol. The lowest BCUT2D eigenvalue weighted by Gasteiger charge is -2.04. The lowest BCUT2D eigenvalue weighted by molar-refractivity contribution is -0.112. The van der Waals surface area contributed by atoms with E-state index in [1.165, 1.54) is 36.7 Å². The maximum Gasteiger partial charge on any atom is 0.340 e. The van der Waals surface area contributed by atoms with E-state index < -0.39 is 11.9 Å². The molecule has 1 heterocycles. The van der Waals surface area contributed by atoms with E-state index in [1.807, 2.05) is 6.07 Å². The average Bonchev–Trinajstić information content (AvgIpc) is 2.93. The molecule has 0 bridgehead atoms. The van der Waals surface area contributed by atoms with Crippen molar-refractivity contribution < 1.29 is 19.4 Å². The number of carbonyl (C=O) groups is 2. The fourth-order valence-electron chi connectivity index (χ4n) is 1.92. The Morgan fingerprint density at radius 1 is 1.33 bits per heavy atom. The Labute approximate surface area is 142 Å². The zero-order valence-electron chi connectivity index (χ0n) is 13.0. The summed E-state index contributed by atoms with van der Waals surface area (Å²) in [6, 6.07) is 9.51. The number of nitrogens with one attached hydrogen (secondary N) is 1. The molecular formula is C17H14N2O4S. The van der Waals surface area contributed by atoms with Crippen LogP contribution < -0.4 is 5.32 Å². The van der Waals surface area contributed by atoms with Crippen molar-refractivity contribution in [1.29, 1.82) is 5.26 Å². The van der Waals surface area contributed by atoms with Crippen molar-refractivity contribution in [3.05, 3.63) is 51.9 Å². The predicted molar refractivity (Wildman–Crippen MR) is 90.7 cm³/mol. The Morgan fingerprint density at radius 3 is 2.58 bits per heavy atom. The van der Waals surface area contributed by atoms with Crippen LogP contribution in [0.2, 0.25) is 0 Å². The standard InChI is InChI=1S/C17H14N2O4S/c1-10-7-14(17(22)23-2)16(24-10)19-15(21)12(9-18)8-11-3-5-13(20)6-4-11/h3-8,20H,1-2H3,(H,19,21)/b12-8+. The maximum atomic E-state index is 12.3. The summed E-state index contributed by atoms with van der Waals surface area (Å²) in [7, 11) is 1.26. The number of benzene rings is 1. The van der Waals surface area contributed by atoms with Crippen LogP contribution in [-0.4, -0.2) is 24.1 Å². The molecule has 0 atom stereocenters. The lowest BCUT2D eigenvalue weighted by Crippen LogP contribution is -2.15. The number of aryl methyl sites for hydroxylation is 1. The Bertz CT molecular complexity index is 844. The molecule has 2 rings (SSSR count). The van der Waals surface area contributed by atoms with Crippen LogP contribution in [0.3, 0.4) is 0 Å². The van der Waals surface area contributed by atoms with Crippen molar-refractivity contribution in [2.24, 2.45) is 0 Å². The third-order valence-electron chi connectivity index (χ3n) is 3.06. The molecule has 1 amide bonds. The second kappa shape index (κ2) is 7.44. The highest BCUT2D eigenvalue weighted by Crippen LogP contribution is 2.28. The van der Waals surface area contributed by atoms with E-state index in [1.54, 1.807) is 25.1 Å². The van der Waals surface area contributed by atoms with Gasteiger partial charge in [0.05, 0.1) is 12.7 Å². The number of nitriles is 1. The molecule has 2 N–H and O–H groups in total. The number of thiophene rings is 1. The topological polar surface area (TPSA) is 99.4 Å². The molecule has 2 aromatic rings. The van der Waals surface area contributed by atoms with Crippen LogP contribution in [0.15, 0.2) is 35.9 Å². The highest BCUT2D eigenvalue weighted by Gasteiger charge is 2.19. The summed E-state index contributed by atoms with van der Waals surface area (Å²) in [6.07, 6.45) is 1.40. The van der Waals surface area contributed by atoms with Crippen LogP contribution in [-0.2, 0) is 9.53 Å². The molecule has 7 heteroatoms. The third-order valence-corrected chi connectivity index (χ3v) is 4.02. The second-order valence-corrected chi connectivity index (χ2v) is 6.06. The van der Waals surface area contributed by atoms with Gasteiger partial charge in [-0.05, 0) is 36.8 Å². The number of carbonyl (C=O) groups excluding carboxylic acids is 2. The minimum absolute atomic E-state index is 0.0897. The summed E-state index contributed by atoms with van der Waals surface area (Å²) >= 11 is 1.22. The fourth-order valence-corrected chi connectivity index (χ4v) is 2.82. The Kier molecular flexibility index (Phi) is 5.35. The van der Waals surface area contributed by atoms with Gasteiger partial charge in [0.2, 0.25) is 0 Å². The van der Waals surface area contributed by atoms with Crippen molar-refractivity contribution in [2.75, 3.05) is 12.4 Å². The van der Waals surface area contributed by atoms with Gasteiger partial charge in [0.15, 0.2) is 0 Å². The molecule has 0 saturated carbocycles. The number of anilines is 1. The van der Waals surface area contributed by atoms with Gasteiger partial charge in [-0.3, -0.25) is 4.79 Å². The summed E-state index contributed by atoms with van der Waals surface area (Å²) in [5, 5.41) is 21.4. The summed E-state index contributed by atoms with van der Waals surface area (Å²) in [6.45, 7) is 1.80. The van der Waals surface area contributed by atoms with Gasteiger partial charge in [-0.1, -0.05) is 12.1 Å². The number of rotatable bonds is 4. The largest absolute Gasteiger partial charge is 0.508 e. The number of nitrogens with zero attached hydrogens (tertiary/aromatic N) is 1. The highest BCUT2D eigenvalue weighted by molar-refractivity contribution is 7.16. The number of hydrogen-bond donors (Lipinski definition) is 2. The molecule has 0 unspecified atom stereocenters. The quantitative estimate of drug-likeness (QED) is 0.505. The van der Waals surface area contributed by atoms with Crippen molar-refractivity contribution in [2.45, 2.75) is 6.92 Å². The van der Waals surface area contributed by atoms with Gasteiger partial charge in [0.25, 0.3) is 5.91 Å². The number of esters is 1. The molecule has 0 aliphatic heterocycles. The van der Waals surface area contributed by atoms with Gasteiger partial charge in [0.1, 0.15) is 22.4 Å². The lowest BCUT2D eigenvalue weighted by atomic mass is 10.1. The van der Waals surface area contributed by atoms with E-state index in [0.29, 0.717) is 10.6 Å². The minimum Gasteiger partial charge on any atom is -0.508 e. The Balaban J connectivity index is 2.26. The van der Waals surface area contributed by atoms with Crippen molar-refractivity contribution >= 4 is 34.3 Å². The van der Waals surface area contributed by atoms with Gasteiger partial charge in [-0.2, -0.15) is 5.26 Å². The summed E-state index contributed by atoms with van der Waals surface area (Å²) in [5.41, 5.74) is 0.716. The molecule has 1 aromatic heterocycles. The third kappa shape index (κ3) is 4.00. The predicted octanol–water partition coefficient (Wildman–Crippen LogP) is 3.09. The zero-order valence-corrected chi connectivity index (χ0v) is 13.8. The highest BCUT2D eigenvalue weighted by atomic mass is 32.1. The second-order valence-electron chi connectivity index (χ2n) is 4.81. The number of hydrogen-bond acceptors (Lipinski definition) is 6. The van der Waals surface area contributed by atoms with Crippen LogP contribution in [0.5, 0.6) is 5.75 Å². The molecule has 0 radical (unpaired) electrons. The van der Waals surface area contributed by atoms with E-state index >= 15 is 0 Å². The molecule has 6 nitrogen and oxygen atoms in total. The van der Waals surface area contributed by atoms with E-state index in [4.69, 9.17) is 0 Å². The van der Waals surface area contributed by atoms with Gasteiger partial charge in [-0.25, -0.2) is 4.79 Å². The van der Waals surface area contributed by atoms with Crippen molar-refractivity contribution in [3.63, 3.8) is 0 Å². The first-order valence-electron chi connectivity index (χ1n) is 6.85. The van der Waals surface area contributed by atoms with E-state index in [9.17, 15) is 20.0 Å². The van der Waals surface area contributed by atoms with Gasteiger partial charge < -0.3 is 15.2 Å². The van der Waals surface area contributed by atoms with Crippen molar-refractivity contribution in [1.82, 2.24) is 0 Å². The molecule has 0 aliphatic carbocycles. The van der Waals surface area contributed by atoms with Gasteiger partial charge in [0, 0.05) is 4.88 Å². The van der Waals surface area contributed by atoms with E-state index in [0.717, 1.165) is 4.88 Å². The number of phenolic OH excluding ortho intramolecular Hbond substituents is 1. The van der Waals surface area contributed by atoms with E-state index in [-0.39, 0.29) is 16.9 Å². The van der Waals surface area contributed by atoms with Crippen molar-refractivity contribution in [3.8, 4) is 11.8 Å². The minimum atomic E-state index is -0.627. The van der Waals surface area contributed by atoms with Crippen LogP contribution in [0.4, 0.5) is 5.00 Å². The molecule has 0 spiro atoms. The maximum absolute atomic E-state index is 12.3. The monoisotopic (exact) mass is 342 g/mol. The van der Waals surface area contributed by atoms with Crippen LogP contribution in [0.25, 0.3) is 6.08 Å².